The molecule has 0 aromatic carbocycles. The van der Waals surface area contributed by atoms with E-state index in [0.29, 0.717) is 12.4 Å². The summed E-state index contributed by atoms with van der Waals surface area (Å²) in [6.07, 6.45) is -0.378. The molecule has 9 heavy (non-hydrogen) atoms. The van der Waals surface area contributed by atoms with Gasteiger partial charge in [-0.2, -0.15) is 0 Å². The third-order valence-electron chi connectivity index (χ3n) is 1.24. The molecule has 0 rings (SSSR count). The van der Waals surface area contributed by atoms with E-state index in [1.165, 1.54) is 0 Å². The number of nitrogens with zero attached hydrogens (tertiary/aromatic N) is 1. The third kappa shape index (κ3) is 4.70. The molecule has 0 aromatic rings. The van der Waals surface area contributed by atoms with Crippen LogP contribution in [0.3, 0.4) is 0 Å². The molecule has 0 aliphatic rings. The molecule has 56 valence electrons. The van der Waals surface area contributed by atoms with Crippen molar-refractivity contribution in [2.75, 3.05) is 26.0 Å². The van der Waals surface area contributed by atoms with Gasteiger partial charge < -0.3 is 10.0 Å². The van der Waals surface area contributed by atoms with Crippen molar-refractivity contribution in [3.05, 3.63) is 0 Å². The first-order chi connectivity index (χ1) is 4.20. The van der Waals surface area contributed by atoms with Gasteiger partial charge in [-0.05, 0) is 13.6 Å². The Labute approximate surface area is 61.4 Å². The zero-order valence-corrected chi connectivity index (χ0v) is 6.73. The summed E-state index contributed by atoms with van der Waals surface area (Å²) in [7, 11) is 1.95. The van der Waals surface area contributed by atoms with Crippen LogP contribution in [0, 0.1) is 0 Å². The number of aliphatic hydroxyl groups excluding tert-OH is 1. The molecule has 0 radical (unpaired) electrons. The second kappa shape index (κ2) is 5.03. The molecule has 0 spiro atoms. The summed E-state index contributed by atoms with van der Waals surface area (Å²) in [5.74, 6) is 0.324. The molecule has 0 heterocycles. The van der Waals surface area contributed by atoms with Gasteiger partial charge in [-0.15, -0.1) is 11.6 Å². The average Bonchev–Trinajstić information content (AvgIpc) is 1.87. The average molecular weight is 152 g/mol. The predicted octanol–water partition coefficient (Wildman–Crippen LogP) is 0.538. The Hall–Kier alpha value is 0.210. The topological polar surface area (TPSA) is 23.5 Å². The fraction of sp³-hybridized carbons (Fsp3) is 1.00. The minimum atomic E-state index is -0.378. The van der Waals surface area contributed by atoms with Crippen LogP contribution in [0.5, 0.6) is 0 Å². The van der Waals surface area contributed by atoms with E-state index in [9.17, 15) is 0 Å². The quantitative estimate of drug-likeness (QED) is 0.593. The van der Waals surface area contributed by atoms with E-state index in [1.807, 2.05) is 18.9 Å². The molecule has 0 fully saturated rings. The van der Waals surface area contributed by atoms with Gasteiger partial charge in [0.05, 0.1) is 6.10 Å². The number of rotatable bonds is 4. The molecule has 1 unspecified atom stereocenters. The van der Waals surface area contributed by atoms with Crippen LogP contribution in [0.2, 0.25) is 0 Å². The molecule has 0 bridgehead atoms. The van der Waals surface area contributed by atoms with Crippen molar-refractivity contribution in [1.82, 2.24) is 4.90 Å². The Morgan fingerprint density at radius 1 is 1.67 bits per heavy atom. The standard InChI is InChI=1S/C6H14ClNO/c1-3-8(2)5-6(9)4-7/h6,9H,3-5H2,1-2H3. The van der Waals surface area contributed by atoms with E-state index in [0.717, 1.165) is 6.54 Å². The minimum Gasteiger partial charge on any atom is -0.391 e. The van der Waals surface area contributed by atoms with Crippen LogP contribution in [-0.4, -0.2) is 42.1 Å². The summed E-state index contributed by atoms with van der Waals surface area (Å²) in [6, 6.07) is 0. The van der Waals surface area contributed by atoms with Crippen LogP contribution in [-0.2, 0) is 0 Å². The Bertz CT molecular complexity index is 62.1. The van der Waals surface area contributed by atoms with Crippen molar-refractivity contribution in [2.45, 2.75) is 13.0 Å². The lowest BCUT2D eigenvalue weighted by atomic mass is 10.4. The summed E-state index contributed by atoms with van der Waals surface area (Å²) in [5.41, 5.74) is 0. The minimum absolute atomic E-state index is 0.324. The normalized spacial score (nSPS) is 14.3. The van der Waals surface area contributed by atoms with Gasteiger partial charge in [-0.3, -0.25) is 0 Å². The number of likely N-dealkylation sites (N-methyl/N-ethyl adjacent to an activating group) is 1. The van der Waals surface area contributed by atoms with E-state index >= 15 is 0 Å². The van der Waals surface area contributed by atoms with Crippen molar-refractivity contribution in [2.24, 2.45) is 0 Å². The SMILES string of the molecule is CCN(C)CC(O)CCl. The van der Waals surface area contributed by atoms with Gasteiger partial charge in [0.15, 0.2) is 0 Å². The molecule has 1 atom stereocenters. The highest BCUT2D eigenvalue weighted by molar-refractivity contribution is 6.18. The van der Waals surface area contributed by atoms with E-state index in [-0.39, 0.29) is 6.10 Å². The van der Waals surface area contributed by atoms with Crippen molar-refractivity contribution in [3.63, 3.8) is 0 Å². The molecule has 0 aliphatic heterocycles. The molecule has 1 N–H and O–H groups in total. The highest BCUT2D eigenvalue weighted by atomic mass is 35.5. The van der Waals surface area contributed by atoms with E-state index in [4.69, 9.17) is 16.7 Å². The van der Waals surface area contributed by atoms with Crippen molar-refractivity contribution in [1.29, 1.82) is 0 Å². The summed E-state index contributed by atoms with van der Waals surface area (Å²) in [5, 5.41) is 8.99. The number of hydrogen-bond donors (Lipinski definition) is 1. The van der Waals surface area contributed by atoms with E-state index in [2.05, 4.69) is 0 Å². The predicted molar refractivity (Wildman–Crippen MR) is 39.9 cm³/mol. The molecule has 3 heteroatoms. The van der Waals surface area contributed by atoms with Gasteiger partial charge in [0.1, 0.15) is 0 Å². The smallest absolute Gasteiger partial charge is 0.0802 e. The zero-order chi connectivity index (χ0) is 7.28. The first-order valence-electron chi connectivity index (χ1n) is 3.13. The molecule has 0 aliphatic carbocycles. The lowest BCUT2D eigenvalue weighted by Crippen LogP contribution is -2.29. The number of halogens is 1. The highest BCUT2D eigenvalue weighted by Gasteiger charge is 2.03. The lowest BCUT2D eigenvalue weighted by Gasteiger charge is -2.16. The Balaban J connectivity index is 3.22. The van der Waals surface area contributed by atoms with Crippen LogP contribution < -0.4 is 0 Å². The van der Waals surface area contributed by atoms with Crippen LogP contribution >= 0.6 is 11.6 Å². The maximum Gasteiger partial charge on any atom is 0.0802 e. The number of hydrogen-bond acceptors (Lipinski definition) is 2. The molecular formula is C6H14ClNO. The van der Waals surface area contributed by atoms with Crippen molar-refractivity contribution < 1.29 is 5.11 Å². The molecular weight excluding hydrogens is 138 g/mol. The summed E-state index contributed by atoms with van der Waals surface area (Å²) >= 11 is 5.38. The Morgan fingerprint density at radius 3 is 2.56 bits per heavy atom. The second-order valence-electron chi connectivity index (χ2n) is 2.16. The second-order valence-corrected chi connectivity index (χ2v) is 2.47. The monoisotopic (exact) mass is 151 g/mol. The summed E-state index contributed by atoms with van der Waals surface area (Å²) < 4.78 is 0. The Kier molecular flexibility index (Phi) is 5.15. The van der Waals surface area contributed by atoms with E-state index < -0.39 is 0 Å². The molecule has 2 nitrogen and oxygen atoms in total. The largest absolute Gasteiger partial charge is 0.391 e. The fourth-order valence-electron chi connectivity index (χ4n) is 0.538. The van der Waals surface area contributed by atoms with Gasteiger partial charge in [0, 0.05) is 12.4 Å². The molecule has 0 saturated carbocycles. The first kappa shape index (κ1) is 9.21. The van der Waals surface area contributed by atoms with Crippen molar-refractivity contribution in [3.8, 4) is 0 Å². The molecule has 0 saturated heterocycles. The maximum atomic E-state index is 8.99. The third-order valence-corrected chi connectivity index (χ3v) is 1.60. The fourth-order valence-corrected chi connectivity index (χ4v) is 0.635. The summed E-state index contributed by atoms with van der Waals surface area (Å²) in [4.78, 5) is 2.02. The van der Waals surface area contributed by atoms with Crippen molar-refractivity contribution >= 4 is 11.6 Å². The van der Waals surface area contributed by atoms with Gasteiger partial charge in [-0.25, -0.2) is 0 Å². The highest BCUT2D eigenvalue weighted by Crippen LogP contribution is 1.90. The molecule has 0 aromatic heterocycles. The lowest BCUT2D eigenvalue weighted by molar-refractivity contribution is 0.147. The summed E-state index contributed by atoms with van der Waals surface area (Å²) in [6.45, 7) is 3.66. The van der Waals surface area contributed by atoms with Crippen LogP contribution in [0.25, 0.3) is 0 Å². The van der Waals surface area contributed by atoms with Gasteiger partial charge in [0.25, 0.3) is 0 Å². The van der Waals surface area contributed by atoms with E-state index in [1.54, 1.807) is 0 Å². The van der Waals surface area contributed by atoms with Gasteiger partial charge in [-0.1, -0.05) is 6.92 Å². The van der Waals surface area contributed by atoms with Crippen LogP contribution in [0.4, 0.5) is 0 Å². The Morgan fingerprint density at radius 2 is 2.22 bits per heavy atom. The maximum absolute atomic E-state index is 8.99. The van der Waals surface area contributed by atoms with Crippen LogP contribution in [0.15, 0.2) is 0 Å². The first-order valence-corrected chi connectivity index (χ1v) is 3.66. The number of aliphatic hydroxyl groups is 1. The zero-order valence-electron chi connectivity index (χ0n) is 5.97. The van der Waals surface area contributed by atoms with Crippen LogP contribution in [0.1, 0.15) is 6.92 Å². The number of alkyl halides is 1. The van der Waals surface area contributed by atoms with Gasteiger partial charge in [0.2, 0.25) is 0 Å². The molecule has 0 amide bonds. The van der Waals surface area contributed by atoms with Gasteiger partial charge >= 0.3 is 0 Å².